The van der Waals surface area contributed by atoms with Crippen molar-refractivity contribution < 1.29 is 9.59 Å². The van der Waals surface area contributed by atoms with Crippen molar-refractivity contribution >= 4 is 23.2 Å². The Morgan fingerprint density at radius 1 is 1.09 bits per heavy atom. The van der Waals surface area contributed by atoms with E-state index < -0.39 is 0 Å². The van der Waals surface area contributed by atoms with Crippen LogP contribution in [0.3, 0.4) is 0 Å². The number of rotatable bonds is 2. The fourth-order valence-corrected chi connectivity index (χ4v) is 2.74. The van der Waals surface area contributed by atoms with Gasteiger partial charge in [0.15, 0.2) is 0 Å². The van der Waals surface area contributed by atoms with Gasteiger partial charge in [0, 0.05) is 6.92 Å². The summed E-state index contributed by atoms with van der Waals surface area (Å²) in [6.07, 6.45) is 0. The third-order valence-corrected chi connectivity index (χ3v) is 3.87. The lowest BCUT2D eigenvalue weighted by molar-refractivity contribution is -0.122. The monoisotopic (exact) mass is 294 g/mol. The van der Waals surface area contributed by atoms with E-state index in [0.717, 1.165) is 22.5 Å². The summed E-state index contributed by atoms with van der Waals surface area (Å²) in [6, 6.07) is 15.7. The van der Waals surface area contributed by atoms with Gasteiger partial charge in [0.25, 0.3) is 0 Å². The maximum atomic E-state index is 12.5. The highest BCUT2D eigenvalue weighted by molar-refractivity contribution is 6.10. The van der Waals surface area contributed by atoms with Gasteiger partial charge in [-0.3, -0.25) is 9.59 Å². The van der Waals surface area contributed by atoms with Crippen LogP contribution in [0.5, 0.6) is 0 Å². The molecule has 0 saturated heterocycles. The predicted octanol–water partition coefficient (Wildman–Crippen LogP) is 2.89. The molecule has 4 nitrogen and oxygen atoms in total. The first-order chi connectivity index (χ1) is 10.6. The molecule has 0 radical (unpaired) electrons. The molecule has 1 heterocycles. The molecule has 112 valence electrons. The zero-order chi connectivity index (χ0) is 15.7. The highest BCUT2D eigenvalue weighted by Gasteiger charge is 2.31. The maximum absolute atomic E-state index is 12.5. The summed E-state index contributed by atoms with van der Waals surface area (Å²) in [4.78, 5) is 27.6. The number of hydrogen-bond acceptors (Lipinski definition) is 2. The molecule has 4 heteroatoms. The lowest BCUT2D eigenvalue weighted by Crippen LogP contribution is -2.47. The normalized spacial score (nSPS) is 14.0. The fraction of sp³-hybridized carbons (Fsp3) is 0.222. The van der Waals surface area contributed by atoms with E-state index in [1.54, 1.807) is 9.80 Å². The average molecular weight is 294 g/mol. The molecule has 0 saturated carbocycles. The first kappa shape index (κ1) is 14.3. The van der Waals surface area contributed by atoms with E-state index in [-0.39, 0.29) is 18.4 Å². The van der Waals surface area contributed by atoms with Crippen LogP contribution in [0.25, 0.3) is 0 Å². The average Bonchev–Trinajstić information content (AvgIpc) is 2.50. The molecule has 22 heavy (non-hydrogen) atoms. The van der Waals surface area contributed by atoms with Crippen LogP contribution in [0.4, 0.5) is 11.4 Å². The second-order valence-corrected chi connectivity index (χ2v) is 5.56. The summed E-state index contributed by atoms with van der Waals surface area (Å²) in [5.41, 5.74) is 3.73. The highest BCUT2D eigenvalue weighted by atomic mass is 16.2. The van der Waals surface area contributed by atoms with Crippen molar-refractivity contribution in [3.05, 3.63) is 59.7 Å². The molecule has 2 aromatic rings. The van der Waals surface area contributed by atoms with Crippen molar-refractivity contribution in [2.75, 3.05) is 16.3 Å². The number of fused-ring (bicyclic) bond motifs is 1. The van der Waals surface area contributed by atoms with E-state index in [4.69, 9.17) is 0 Å². The summed E-state index contributed by atoms with van der Waals surface area (Å²) < 4.78 is 0. The minimum atomic E-state index is -0.113. The van der Waals surface area contributed by atoms with Crippen molar-refractivity contribution in [3.63, 3.8) is 0 Å². The SMILES string of the molecule is CC(=O)N1CC(=O)N(Cc2ccccc2)c2cc(C)ccc21. The zero-order valence-electron chi connectivity index (χ0n) is 12.7. The van der Waals surface area contributed by atoms with Gasteiger partial charge in [-0.25, -0.2) is 0 Å². The van der Waals surface area contributed by atoms with Crippen molar-refractivity contribution in [2.45, 2.75) is 20.4 Å². The van der Waals surface area contributed by atoms with Crippen LogP contribution in [0, 0.1) is 6.92 Å². The second-order valence-electron chi connectivity index (χ2n) is 5.56. The van der Waals surface area contributed by atoms with Crippen molar-refractivity contribution in [3.8, 4) is 0 Å². The lowest BCUT2D eigenvalue weighted by Gasteiger charge is -2.36. The Bertz CT molecular complexity index is 725. The summed E-state index contributed by atoms with van der Waals surface area (Å²) in [5, 5.41) is 0. The molecular formula is C18H18N2O2. The van der Waals surface area contributed by atoms with Gasteiger partial charge in [-0.2, -0.15) is 0 Å². The molecule has 3 rings (SSSR count). The van der Waals surface area contributed by atoms with Crippen LogP contribution in [-0.2, 0) is 16.1 Å². The smallest absolute Gasteiger partial charge is 0.247 e. The number of anilines is 2. The van der Waals surface area contributed by atoms with Gasteiger partial charge in [0.1, 0.15) is 6.54 Å². The Morgan fingerprint density at radius 3 is 2.50 bits per heavy atom. The Labute approximate surface area is 130 Å². The quantitative estimate of drug-likeness (QED) is 0.854. The van der Waals surface area contributed by atoms with Crippen LogP contribution in [0.1, 0.15) is 18.1 Å². The molecule has 0 aliphatic carbocycles. The minimum absolute atomic E-state index is 0.0582. The van der Waals surface area contributed by atoms with E-state index in [9.17, 15) is 9.59 Å². The summed E-state index contributed by atoms with van der Waals surface area (Å²) >= 11 is 0. The van der Waals surface area contributed by atoms with Gasteiger partial charge >= 0.3 is 0 Å². The van der Waals surface area contributed by atoms with Crippen LogP contribution in [0.15, 0.2) is 48.5 Å². The minimum Gasteiger partial charge on any atom is -0.304 e. The second kappa shape index (κ2) is 5.64. The largest absolute Gasteiger partial charge is 0.304 e. The van der Waals surface area contributed by atoms with E-state index in [2.05, 4.69) is 0 Å². The summed E-state index contributed by atoms with van der Waals surface area (Å²) in [5.74, 6) is -0.171. The van der Waals surface area contributed by atoms with Gasteiger partial charge < -0.3 is 9.80 Å². The first-order valence-corrected chi connectivity index (χ1v) is 7.29. The van der Waals surface area contributed by atoms with Gasteiger partial charge in [-0.1, -0.05) is 36.4 Å². The van der Waals surface area contributed by atoms with Crippen LogP contribution in [0.2, 0.25) is 0 Å². The number of hydrogen-bond donors (Lipinski definition) is 0. The molecule has 2 aromatic carbocycles. The van der Waals surface area contributed by atoms with Gasteiger partial charge in [-0.05, 0) is 30.2 Å². The molecule has 0 spiro atoms. The summed E-state index contributed by atoms with van der Waals surface area (Å²) in [6.45, 7) is 4.09. The first-order valence-electron chi connectivity index (χ1n) is 7.29. The molecule has 0 bridgehead atoms. The van der Waals surface area contributed by atoms with Crippen LogP contribution >= 0.6 is 0 Å². The third-order valence-electron chi connectivity index (χ3n) is 3.87. The van der Waals surface area contributed by atoms with E-state index in [1.807, 2.05) is 55.5 Å². The van der Waals surface area contributed by atoms with Crippen LogP contribution < -0.4 is 9.80 Å². The standard InChI is InChI=1S/C18H18N2O2/c1-13-8-9-16-17(10-13)20(11-15-6-4-3-5-7-15)18(22)12-19(16)14(2)21/h3-10H,11-12H2,1-2H3. The van der Waals surface area contributed by atoms with Gasteiger partial charge in [0.2, 0.25) is 11.8 Å². The summed E-state index contributed by atoms with van der Waals surface area (Å²) in [7, 11) is 0. The molecule has 1 aliphatic heterocycles. The number of carbonyl (C=O) groups is 2. The lowest BCUT2D eigenvalue weighted by atomic mass is 10.1. The highest BCUT2D eigenvalue weighted by Crippen LogP contribution is 2.35. The maximum Gasteiger partial charge on any atom is 0.247 e. The van der Waals surface area contributed by atoms with E-state index >= 15 is 0 Å². The van der Waals surface area contributed by atoms with Gasteiger partial charge in [-0.15, -0.1) is 0 Å². The van der Waals surface area contributed by atoms with Crippen molar-refractivity contribution in [2.24, 2.45) is 0 Å². The Morgan fingerprint density at radius 2 is 1.82 bits per heavy atom. The van der Waals surface area contributed by atoms with Crippen molar-refractivity contribution in [1.82, 2.24) is 0 Å². The number of nitrogens with zero attached hydrogens (tertiary/aromatic N) is 2. The van der Waals surface area contributed by atoms with Gasteiger partial charge in [0.05, 0.1) is 17.9 Å². The van der Waals surface area contributed by atoms with E-state index in [1.165, 1.54) is 6.92 Å². The topological polar surface area (TPSA) is 40.6 Å². The molecule has 0 fully saturated rings. The number of amides is 2. The number of benzene rings is 2. The predicted molar refractivity (Wildman–Crippen MR) is 86.8 cm³/mol. The molecule has 0 atom stereocenters. The van der Waals surface area contributed by atoms with E-state index in [0.29, 0.717) is 6.54 Å². The number of carbonyl (C=O) groups excluding carboxylic acids is 2. The molecular weight excluding hydrogens is 276 g/mol. The Balaban J connectivity index is 2.04. The Kier molecular flexibility index (Phi) is 3.67. The zero-order valence-corrected chi connectivity index (χ0v) is 12.7. The molecule has 1 aliphatic rings. The van der Waals surface area contributed by atoms with Crippen LogP contribution in [-0.4, -0.2) is 18.4 Å². The molecule has 0 N–H and O–H groups in total. The fourth-order valence-electron chi connectivity index (χ4n) is 2.74. The third kappa shape index (κ3) is 2.60. The molecule has 2 amide bonds. The number of aryl methyl sites for hydroxylation is 1. The van der Waals surface area contributed by atoms with Crippen molar-refractivity contribution in [1.29, 1.82) is 0 Å². The Hall–Kier alpha value is -2.62. The molecule has 0 unspecified atom stereocenters. The molecule has 0 aromatic heterocycles.